The predicted octanol–water partition coefficient (Wildman–Crippen LogP) is 2.26. The van der Waals surface area contributed by atoms with Crippen molar-refractivity contribution in [3.05, 3.63) is 18.5 Å². The van der Waals surface area contributed by atoms with E-state index in [1.165, 1.54) is 12.8 Å². The van der Waals surface area contributed by atoms with Crippen molar-refractivity contribution >= 4 is 16.5 Å². The Morgan fingerprint density at radius 1 is 1.42 bits per heavy atom. The molecule has 0 bridgehead atoms. The molecule has 1 aromatic rings. The number of pyridine rings is 1. The van der Waals surface area contributed by atoms with Crippen LogP contribution in [0.5, 0.6) is 0 Å². The first-order chi connectivity index (χ1) is 9.20. The second-order valence-electron chi connectivity index (χ2n) is 5.56. The van der Waals surface area contributed by atoms with E-state index in [-0.39, 0.29) is 10.9 Å². The monoisotopic (exact) mass is 280 g/mol. The Morgan fingerprint density at radius 3 is 2.95 bits per heavy atom. The first kappa shape index (κ1) is 13.1. The summed E-state index contributed by atoms with van der Waals surface area (Å²) in [6.07, 6.45) is 9.70. The van der Waals surface area contributed by atoms with E-state index in [1.807, 2.05) is 0 Å². The van der Waals surface area contributed by atoms with Gasteiger partial charge >= 0.3 is 0 Å². The minimum Gasteiger partial charge on any atom is -0.396 e. The number of nitrogens with zero attached hydrogens (tertiary/aromatic N) is 1. The van der Waals surface area contributed by atoms with Crippen LogP contribution in [-0.2, 0) is 15.5 Å². The van der Waals surface area contributed by atoms with Crippen LogP contribution < -0.4 is 5.73 Å². The van der Waals surface area contributed by atoms with Crippen LogP contribution >= 0.6 is 0 Å². The number of anilines is 1. The van der Waals surface area contributed by atoms with Gasteiger partial charge in [0.05, 0.1) is 33.2 Å². The highest BCUT2D eigenvalue weighted by molar-refractivity contribution is 7.85. The van der Waals surface area contributed by atoms with Gasteiger partial charge in [-0.3, -0.25) is 9.19 Å². The smallest absolute Gasteiger partial charge is 0.0694 e. The Morgan fingerprint density at radius 2 is 2.21 bits per heavy atom. The third kappa shape index (κ3) is 2.54. The summed E-state index contributed by atoms with van der Waals surface area (Å²) in [6.45, 7) is 0.724. The maximum Gasteiger partial charge on any atom is 0.0694 e. The Kier molecular flexibility index (Phi) is 3.58. The summed E-state index contributed by atoms with van der Waals surface area (Å²) in [4.78, 5) is 4.69. The van der Waals surface area contributed by atoms with Gasteiger partial charge in [0, 0.05) is 18.1 Å². The maximum atomic E-state index is 12.7. The molecular weight excluding hydrogens is 260 g/mol. The van der Waals surface area contributed by atoms with Gasteiger partial charge in [0.15, 0.2) is 0 Å². The lowest BCUT2D eigenvalue weighted by Gasteiger charge is -2.37. The van der Waals surface area contributed by atoms with Crippen LogP contribution in [0.1, 0.15) is 38.5 Å². The fourth-order valence-electron chi connectivity index (χ4n) is 3.29. The number of hydrogen-bond donors (Lipinski definition) is 1. The molecule has 2 heterocycles. The SMILES string of the molecule is Nc1cnccc1S(=O)C1CCOC2(CCCC2)C1. The van der Waals surface area contributed by atoms with E-state index in [4.69, 9.17) is 10.5 Å². The van der Waals surface area contributed by atoms with Gasteiger partial charge in [0.2, 0.25) is 0 Å². The summed E-state index contributed by atoms with van der Waals surface area (Å²) >= 11 is 0. The summed E-state index contributed by atoms with van der Waals surface area (Å²) in [5, 5.41) is 0.163. The van der Waals surface area contributed by atoms with E-state index >= 15 is 0 Å². The zero-order chi connectivity index (χ0) is 13.3. The van der Waals surface area contributed by atoms with Crippen molar-refractivity contribution in [3.8, 4) is 0 Å². The van der Waals surface area contributed by atoms with Gasteiger partial charge in [-0.1, -0.05) is 12.8 Å². The molecule has 1 aromatic heterocycles. The van der Waals surface area contributed by atoms with Crippen LogP contribution in [-0.4, -0.2) is 26.7 Å². The van der Waals surface area contributed by atoms with Gasteiger partial charge < -0.3 is 10.5 Å². The van der Waals surface area contributed by atoms with Crippen molar-refractivity contribution in [2.45, 2.75) is 54.3 Å². The average molecular weight is 280 g/mol. The van der Waals surface area contributed by atoms with Crippen molar-refractivity contribution in [1.82, 2.24) is 4.98 Å². The summed E-state index contributed by atoms with van der Waals surface area (Å²) in [7, 11) is -1.05. The van der Waals surface area contributed by atoms with E-state index in [9.17, 15) is 4.21 Å². The lowest BCUT2D eigenvalue weighted by Crippen LogP contribution is -2.41. The van der Waals surface area contributed by atoms with Gasteiger partial charge in [-0.05, 0) is 31.7 Å². The highest BCUT2D eigenvalue weighted by Crippen LogP contribution is 2.42. The Balaban J connectivity index is 1.78. The molecule has 1 aliphatic heterocycles. The van der Waals surface area contributed by atoms with E-state index in [0.29, 0.717) is 5.69 Å². The molecule has 5 heteroatoms. The third-order valence-corrected chi connectivity index (χ3v) is 6.11. The molecule has 2 atom stereocenters. The first-order valence-corrected chi connectivity index (χ1v) is 8.16. The predicted molar refractivity (Wildman–Crippen MR) is 75.2 cm³/mol. The second kappa shape index (κ2) is 5.21. The molecule has 1 spiro atoms. The van der Waals surface area contributed by atoms with Gasteiger partial charge in [-0.25, -0.2) is 0 Å². The second-order valence-corrected chi connectivity index (χ2v) is 7.27. The van der Waals surface area contributed by atoms with E-state index in [1.54, 1.807) is 18.5 Å². The molecule has 1 saturated heterocycles. The zero-order valence-corrected chi connectivity index (χ0v) is 11.8. The molecule has 104 valence electrons. The molecule has 19 heavy (non-hydrogen) atoms. The minimum absolute atomic E-state index is 0.000366. The van der Waals surface area contributed by atoms with Crippen LogP contribution in [0.4, 0.5) is 5.69 Å². The van der Waals surface area contributed by atoms with Crippen LogP contribution in [0.15, 0.2) is 23.4 Å². The molecule has 2 aliphatic rings. The van der Waals surface area contributed by atoms with Gasteiger partial charge in [-0.15, -0.1) is 0 Å². The highest BCUT2D eigenvalue weighted by atomic mass is 32.2. The molecular formula is C14H20N2O2S. The van der Waals surface area contributed by atoms with Crippen LogP contribution in [0.25, 0.3) is 0 Å². The first-order valence-electron chi connectivity index (χ1n) is 6.94. The molecule has 0 amide bonds. The highest BCUT2D eigenvalue weighted by Gasteiger charge is 2.41. The van der Waals surface area contributed by atoms with E-state index < -0.39 is 10.8 Å². The van der Waals surface area contributed by atoms with Crippen molar-refractivity contribution < 1.29 is 8.95 Å². The Labute approximate surface area is 116 Å². The van der Waals surface area contributed by atoms with Crippen molar-refractivity contribution in [3.63, 3.8) is 0 Å². The van der Waals surface area contributed by atoms with Crippen molar-refractivity contribution in [1.29, 1.82) is 0 Å². The molecule has 3 rings (SSSR count). The molecule has 1 aliphatic carbocycles. The lowest BCUT2D eigenvalue weighted by molar-refractivity contribution is -0.0708. The summed E-state index contributed by atoms with van der Waals surface area (Å²) in [5.41, 5.74) is 6.42. The average Bonchev–Trinajstić information content (AvgIpc) is 2.86. The summed E-state index contributed by atoms with van der Waals surface area (Å²) < 4.78 is 18.7. The minimum atomic E-state index is -1.05. The summed E-state index contributed by atoms with van der Waals surface area (Å²) in [6, 6.07) is 1.78. The standard InChI is InChI=1S/C14H20N2O2S/c15-12-10-16-7-3-13(12)19(17)11-4-8-18-14(9-11)5-1-2-6-14/h3,7,10-11H,1-2,4-6,8-9,15H2. The number of ether oxygens (including phenoxy) is 1. The van der Waals surface area contributed by atoms with Crippen LogP contribution in [0, 0.1) is 0 Å². The van der Waals surface area contributed by atoms with Gasteiger partial charge in [0.1, 0.15) is 0 Å². The Bertz CT molecular complexity index is 486. The molecule has 2 N–H and O–H groups in total. The van der Waals surface area contributed by atoms with Gasteiger partial charge in [-0.2, -0.15) is 0 Å². The van der Waals surface area contributed by atoms with Crippen LogP contribution in [0.3, 0.4) is 0 Å². The zero-order valence-electron chi connectivity index (χ0n) is 11.0. The number of nitrogen functional groups attached to an aromatic ring is 1. The van der Waals surface area contributed by atoms with Crippen LogP contribution in [0.2, 0.25) is 0 Å². The number of aromatic nitrogens is 1. The van der Waals surface area contributed by atoms with E-state index in [0.717, 1.165) is 37.2 Å². The van der Waals surface area contributed by atoms with E-state index in [2.05, 4.69) is 4.98 Å². The number of rotatable bonds is 2. The lowest BCUT2D eigenvalue weighted by atomic mass is 9.92. The molecule has 0 radical (unpaired) electrons. The fourth-order valence-corrected chi connectivity index (χ4v) is 4.89. The molecule has 0 aromatic carbocycles. The fraction of sp³-hybridized carbons (Fsp3) is 0.643. The molecule has 2 unspecified atom stereocenters. The maximum absolute atomic E-state index is 12.7. The molecule has 2 fully saturated rings. The van der Waals surface area contributed by atoms with Crippen molar-refractivity contribution in [2.24, 2.45) is 0 Å². The van der Waals surface area contributed by atoms with Crippen molar-refractivity contribution in [2.75, 3.05) is 12.3 Å². The third-order valence-electron chi connectivity index (χ3n) is 4.29. The van der Waals surface area contributed by atoms with Gasteiger partial charge in [0.25, 0.3) is 0 Å². The molecule has 1 saturated carbocycles. The normalized spacial score (nSPS) is 27.5. The topological polar surface area (TPSA) is 65.2 Å². The Hall–Kier alpha value is -0.940. The number of nitrogens with two attached hydrogens (primary N) is 1. The quantitative estimate of drug-likeness (QED) is 0.902. The number of hydrogen-bond acceptors (Lipinski definition) is 4. The largest absolute Gasteiger partial charge is 0.396 e. The molecule has 4 nitrogen and oxygen atoms in total. The summed E-state index contributed by atoms with van der Waals surface area (Å²) in [5.74, 6) is 0.